The molecule has 0 aromatic carbocycles. The average molecular weight is 273 g/mol. The van der Waals surface area contributed by atoms with Crippen LogP contribution in [0.15, 0.2) is 24.4 Å². The Morgan fingerprint density at radius 3 is 2.95 bits per heavy atom. The van der Waals surface area contributed by atoms with Crippen LogP contribution in [0.5, 0.6) is 0 Å². The van der Waals surface area contributed by atoms with E-state index in [0.717, 1.165) is 38.0 Å². The summed E-state index contributed by atoms with van der Waals surface area (Å²) >= 11 is 0. The Bertz CT molecular complexity index is 462. The molecule has 4 nitrogen and oxygen atoms in total. The number of hydrogen-bond acceptors (Lipinski definition) is 3. The normalized spacial score (nSPS) is 29.2. The van der Waals surface area contributed by atoms with Gasteiger partial charge in [-0.3, -0.25) is 9.78 Å². The fourth-order valence-electron chi connectivity index (χ4n) is 3.61. The molecule has 2 aliphatic rings. The van der Waals surface area contributed by atoms with Crippen molar-refractivity contribution in [3.8, 4) is 0 Å². The molecule has 1 saturated carbocycles. The van der Waals surface area contributed by atoms with Gasteiger partial charge in [0.25, 0.3) is 0 Å². The van der Waals surface area contributed by atoms with Gasteiger partial charge in [-0.25, -0.2) is 0 Å². The summed E-state index contributed by atoms with van der Waals surface area (Å²) in [4.78, 5) is 18.6. The van der Waals surface area contributed by atoms with Crippen LogP contribution in [-0.2, 0) is 11.2 Å². The molecule has 2 heterocycles. The van der Waals surface area contributed by atoms with Gasteiger partial charge in [0.1, 0.15) is 0 Å². The number of aromatic nitrogens is 1. The number of carbonyl (C=O) groups is 1. The Balaban J connectivity index is 1.51. The maximum Gasteiger partial charge on any atom is 0.222 e. The number of carbonyl (C=O) groups excluding carboxylic acids is 1. The van der Waals surface area contributed by atoms with Crippen LogP contribution < -0.4 is 5.73 Å². The van der Waals surface area contributed by atoms with Crippen molar-refractivity contribution in [3.63, 3.8) is 0 Å². The van der Waals surface area contributed by atoms with Gasteiger partial charge in [0, 0.05) is 37.4 Å². The molecule has 1 aliphatic carbocycles. The molecule has 4 heteroatoms. The molecule has 0 spiro atoms. The zero-order valence-corrected chi connectivity index (χ0v) is 11.9. The van der Waals surface area contributed by atoms with E-state index in [0.29, 0.717) is 24.3 Å². The molecule has 108 valence electrons. The van der Waals surface area contributed by atoms with Gasteiger partial charge in [-0.1, -0.05) is 6.07 Å². The first-order valence-corrected chi connectivity index (χ1v) is 7.65. The van der Waals surface area contributed by atoms with Crippen molar-refractivity contribution in [1.82, 2.24) is 9.88 Å². The summed E-state index contributed by atoms with van der Waals surface area (Å²) in [6.07, 6.45) is 6.50. The number of aryl methyl sites for hydroxylation is 1. The van der Waals surface area contributed by atoms with Crippen LogP contribution in [0, 0.1) is 11.8 Å². The Kier molecular flexibility index (Phi) is 4.01. The third-order valence-electron chi connectivity index (χ3n) is 4.76. The monoisotopic (exact) mass is 273 g/mol. The first-order valence-electron chi connectivity index (χ1n) is 7.65. The summed E-state index contributed by atoms with van der Waals surface area (Å²) < 4.78 is 0. The van der Waals surface area contributed by atoms with Crippen molar-refractivity contribution in [3.05, 3.63) is 30.1 Å². The van der Waals surface area contributed by atoms with Crippen molar-refractivity contribution in [2.45, 2.75) is 38.1 Å². The first-order chi connectivity index (χ1) is 9.72. The topological polar surface area (TPSA) is 59.2 Å². The number of nitrogens with two attached hydrogens (primary N) is 1. The van der Waals surface area contributed by atoms with Crippen LogP contribution in [0.4, 0.5) is 0 Å². The van der Waals surface area contributed by atoms with Crippen LogP contribution in [0.25, 0.3) is 0 Å². The minimum Gasteiger partial charge on any atom is -0.342 e. The molecule has 3 rings (SSSR count). The van der Waals surface area contributed by atoms with E-state index in [1.807, 2.05) is 18.2 Å². The summed E-state index contributed by atoms with van der Waals surface area (Å²) in [5.41, 5.74) is 7.03. The Morgan fingerprint density at radius 1 is 1.30 bits per heavy atom. The number of rotatable bonds is 3. The highest BCUT2D eigenvalue weighted by Crippen LogP contribution is 2.35. The quantitative estimate of drug-likeness (QED) is 0.910. The van der Waals surface area contributed by atoms with Crippen molar-refractivity contribution >= 4 is 5.91 Å². The van der Waals surface area contributed by atoms with Crippen molar-refractivity contribution < 1.29 is 4.79 Å². The molecule has 2 N–H and O–H groups in total. The van der Waals surface area contributed by atoms with Crippen LogP contribution in [0.1, 0.15) is 31.4 Å². The highest BCUT2D eigenvalue weighted by molar-refractivity contribution is 5.76. The standard InChI is InChI=1S/C16H23N3O/c17-14-5-4-12-10-19(11-13(12)9-14)16(20)7-6-15-3-1-2-8-18-15/h1-3,8,12-14H,4-7,9-11,17H2/t12-,13+,14?/m1/s1. The number of hydrogen-bond donors (Lipinski definition) is 1. The zero-order valence-electron chi connectivity index (χ0n) is 11.9. The molecule has 0 radical (unpaired) electrons. The van der Waals surface area contributed by atoms with E-state index in [9.17, 15) is 4.79 Å². The van der Waals surface area contributed by atoms with Gasteiger partial charge in [0.05, 0.1) is 0 Å². The predicted octanol–water partition coefficient (Wildman–Crippen LogP) is 1.60. The summed E-state index contributed by atoms with van der Waals surface area (Å²) in [5, 5.41) is 0. The lowest BCUT2D eigenvalue weighted by Gasteiger charge is -2.27. The maximum absolute atomic E-state index is 12.3. The predicted molar refractivity (Wildman–Crippen MR) is 77.9 cm³/mol. The van der Waals surface area contributed by atoms with Gasteiger partial charge >= 0.3 is 0 Å². The largest absolute Gasteiger partial charge is 0.342 e. The Hall–Kier alpha value is -1.42. The summed E-state index contributed by atoms with van der Waals surface area (Å²) in [7, 11) is 0. The van der Waals surface area contributed by atoms with Gasteiger partial charge < -0.3 is 10.6 Å². The SMILES string of the molecule is NC1CC[C@@H]2CN(C(=O)CCc3ccccn3)C[C@@H]2C1. The van der Waals surface area contributed by atoms with Gasteiger partial charge in [-0.15, -0.1) is 0 Å². The number of pyridine rings is 1. The fourth-order valence-corrected chi connectivity index (χ4v) is 3.61. The second-order valence-corrected chi connectivity index (χ2v) is 6.21. The van der Waals surface area contributed by atoms with E-state index in [1.165, 1.54) is 6.42 Å². The second kappa shape index (κ2) is 5.92. The highest BCUT2D eigenvalue weighted by Gasteiger charge is 2.38. The van der Waals surface area contributed by atoms with Crippen molar-refractivity contribution in [2.24, 2.45) is 17.6 Å². The van der Waals surface area contributed by atoms with Crippen LogP contribution in [0.3, 0.4) is 0 Å². The molecule has 1 aliphatic heterocycles. The average Bonchev–Trinajstić information content (AvgIpc) is 2.89. The lowest BCUT2D eigenvalue weighted by Crippen LogP contribution is -2.32. The number of amides is 1. The Morgan fingerprint density at radius 2 is 2.15 bits per heavy atom. The molecule has 1 unspecified atom stereocenters. The molecule has 0 bridgehead atoms. The zero-order chi connectivity index (χ0) is 13.9. The molecule has 1 amide bonds. The minimum atomic E-state index is 0.277. The van der Waals surface area contributed by atoms with Crippen LogP contribution >= 0.6 is 0 Å². The summed E-state index contributed by atoms with van der Waals surface area (Å²) in [6, 6.07) is 6.20. The van der Waals surface area contributed by atoms with Crippen molar-refractivity contribution in [1.29, 1.82) is 0 Å². The van der Waals surface area contributed by atoms with E-state index in [4.69, 9.17) is 5.73 Å². The van der Waals surface area contributed by atoms with Gasteiger partial charge in [-0.2, -0.15) is 0 Å². The third kappa shape index (κ3) is 3.01. The van der Waals surface area contributed by atoms with Crippen molar-refractivity contribution in [2.75, 3.05) is 13.1 Å². The molecule has 20 heavy (non-hydrogen) atoms. The van der Waals surface area contributed by atoms with Gasteiger partial charge in [0.2, 0.25) is 5.91 Å². The lowest BCUT2D eigenvalue weighted by molar-refractivity contribution is -0.130. The number of fused-ring (bicyclic) bond motifs is 1. The third-order valence-corrected chi connectivity index (χ3v) is 4.76. The highest BCUT2D eigenvalue weighted by atomic mass is 16.2. The summed E-state index contributed by atoms with van der Waals surface area (Å²) in [5.74, 6) is 1.60. The van der Waals surface area contributed by atoms with Crippen LogP contribution in [0.2, 0.25) is 0 Å². The lowest BCUT2D eigenvalue weighted by atomic mass is 9.79. The number of likely N-dealkylation sites (tertiary alicyclic amines) is 1. The van der Waals surface area contributed by atoms with E-state index in [2.05, 4.69) is 9.88 Å². The van der Waals surface area contributed by atoms with E-state index < -0.39 is 0 Å². The molecule has 1 aromatic rings. The van der Waals surface area contributed by atoms with E-state index in [-0.39, 0.29) is 5.91 Å². The number of nitrogens with zero attached hydrogens (tertiary/aromatic N) is 2. The summed E-state index contributed by atoms with van der Waals surface area (Å²) in [6.45, 7) is 1.86. The minimum absolute atomic E-state index is 0.277. The molecule has 1 aromatic heterocycles. The van der Waals surface area contributed by atoms with Gasteiger partial charge in [-0.05, 0) is 49.7 Å². The van der Waals surface area contributed by atoms with Gasteiger partial charge in [0.15, 0.2) is 0 Å². The van der Waals surface area contributed by atoms with E-state index in [1.54, 1.807) is 6.20 Å². The smallest absolute Gasteiger partial charge is 0.222 e. The Labute approximate surface area is 120 Å². The van der Waals surface area contributed by atoms with E-state index >= 15 is 0 Å². The molecular formula is C16H23N3O. The molecule has 2 fully saturated rings. The molecular weight excluding hydrogens is 250 g/mol. The van der Waals surface area contributed by atoms with Crippen LogP contribution in [-0.4, -0.2) is 34.9 Å². The fraction of sp³-hybridized carbons (Fsp3) is 0.625. The second-order valence-electron chi connectivity index (χ2n) is 6.21. The molecule has 3 atom stereocenters. The molecule has 1 saturated heterocycles. The maximum atomic E-state index is 12.3. The first kappa shape index (κ1) is 13.6.